The van der Waals surface area contributed by atoms with E-state index in [9.17, 15) is 9.59 Å². The van der Waals surface area contributed by atoms with Gasteiger partial charge in [0, 0.05) is 49.7 Å². The Labute approximate surface area is 220 Å². The summed E-state index contributed by atoms with van der Waals surface area (Å²) in [6.45, 7) is 7.51. The summed E-state index contributed by atoms with van der Waals surface area (Å²) < 4.78 is 10.2. The first-order chi connectivity index (χ1) is 17.8. The van der Waals surface area contributed by atoms with Gasteiger partial charge in [0.25, 0.3) is 0 Å². The van der Waals surface area contributed by atoms with Gasteiger partial charge < -0.3 is 25.0 Å². The Morgan fingerprint density at radius 3 is 2.57 bits per heavy atom. The van der Waals surface area contributed by atoms with Gasteiger partial charge in [-0.2, -0.15) is 0 Å². The standard InChI is InChI=1S/C26H32N6O4S/c1-26(2,18-5-7-19(35-3)8-6-18)21-16-37-25(30-21)31-24(34)29-15-17-13-20(23(33)36-4)22(28-14-17)32-11-9-27-10-12-32/h5-8,13-14,16,27H,9-12,15H2,1-4H3,(H2,29,30,31,34). The number of benzene rings is 1. The lowest BCUT2D eigenvalue weighted by molar-refractivity contribution is 0.0600. The van der Waals surface area contributed by atoms with Gasteiger partial charge in [0.1, 0.15) is 17.1 Å². The van der Waals surface area contributed by atoms with Gasteiger partial charge in [-0.1, -0.05) is 26.0 Å². The zero-order chi connectivity index (χ0) is 26.4. The van der Waals surface area contributed by atoms with E-state index < -0.39 is 12.0 Å². The number of aromatic nitrogens is 2. The van der Waals surface area contributed by atoms with E-state index in [1.807, 2.05) is 29.6 Å². The molecular formula is C26H32N6O4S. The second-order valence-corrected chi connectivity index (χ2v) is 10.0. The number of piperazine rings is 1. The topological polar surface area (TPSA) is 118 Å². The van der Waals surface area contributed by atoms with Crippen LogP contribution in [0.3, 0.4) is 0 Å². The van der Waals surface area contributed by atoms with Crippen LogP contribution in [-0.2, 0) is 16.7 Å². The van der Waals surface area contributed by atoms with E-state index in [4.69, 9.17) is 9.47 Å². The Kier molecular flexibility index (Phi) is 8.24. The number of amides is 2. The molecule has 1 aliphatic heterocycles. The average molecular weight is 525 g/mol. The SMILES string of the molecule is COC(=O)c1cc(CNC(=O)Nc2nc(C(C)(C)c3ccc(OC)cc3)cs2)cnc1N1CCNCC1. The number of pyridine rings is 1. The Bertz CT molecular complexity index is 1240. The summed E-state index contributed by atoms with van der Waals surface area (Å²) in [5.74, 6) is 0.933. The molecule has 1 fully saturated rings. The lowest BCUT2D eigenvalue weighted by Gasteiger charge is -2.29. The van der Waals surface area contributed by atoms with E-state index in [0.717, 1.165) is 43.2 Å². The van der Waals surface area contributed by atoms with Gasteiger partial charge in [-0.15, -0.1) is 11.3 Å². The summed E-state index contributed by atoms with van der Waals surface area (Å²) in [6, 6.07) is 9.20. The number of urea groups is 1. The van der Waals surface area contributed by atoms with Crippen molar-refractivity contribution in [1.29, 1.82) is 0 Å². The van der Waals surface area contributed by atoms with Gasteiger partial charge >= 0.3 is 12.0 Å². The summed E-state index contributed by atoms with van der Waals surface area (Å²) in [5, 5.41) is 11.3. The summed E-state index contributed by atoms with van der Waals surface area (Å²) >= 11 is 1.36. The molecule has 3 heterocycles. The van der Waals surface area contributed by atoms with Crippen LogP contribution in [0.5, 0.6) is 5.75 Å². The van der Waals surface area contributed by atoms with Crippen molar-refractivity contribution in [1.82, 2.24) is 20.6 Å². The number of carbonyl (C=O) groups excluding carboxylic acids is 2. The van der Waals surface area contributed by atoms with E-state index in [0.29, 0.717) is 22.1 Å². The molecule has 3 N–H and O–H groups in total. The van der Waals surface area contributed by atoms with Gasteiger partial charge in [-0.05, 0) is 29.3 Å². The number of hydrogen-bond donors (Lipinski definition) is 3. The number of hydrogen-bond acceptors (Lipinski definition) is 9. The van der Waals surface area contributed by atoms with Crippen molar-refractivity contribution in [3.8, 4) is 5.75 Å². The summed E-state index contributed by atoms with van der Waals surface area (Å²) in [5.41, 5.74) is 2.67. The number of carbonyl (C=O) groups is 2. The first-order valence-corrected chi connectivity index (χ1v) is 12.9. The Balaban J connectivity index is 1.39. The number of esters is 1. The number of nitrogens with one attached hydrogen (secondary N) is 3. The molecule has 0 aliphatic carbocycles. The molecule has 0 bridgehead atoms. The molecule has 0 saturated carbocycles. The molecule has 196 valence electrons. The molecule has 2 amide bonds. The highest BCUT2D eigenvalue weighted by Crippen LogP contribution is 2.34. The van der Waals surface area contributed by atoms with E-state index in [1.54, 1.807) is 19.4 Å². The van der Waals surface area contributed by atoms with Crippen molar-refractivity contribution in [3.05, 3.63) is 64.3 Å². The normalized spacial score (nSPS) is 13.7. The molecule has 1 aromatic carbocycles. The van der Waals surface area contributed by atoms with E-state index in [1.165, 1.54) is 18.4 Å². The van der Waals surface area contributed by atoms with Crippen LogP contribution in [0.15, 0.2) is 41.9 Å². The van der Waals surface area contributed by atoms with Crippen LogP contribution in [0, 0.1) is 0 Å². The smallest absolute Gasteiger partial charge is 0.341 e. The molecule has 2 aromatic heterocycles. The molecule has 4 rings (SSSR count). The third-order valence-electron chi connectivity index (χ3n) is 6.37. The van der Waals surface area contributed by atoms with Crippen LogP contribution in [0.4, 0.5) is 15.7 Å². The third-order valence-corrected chi connectivity index (χ3v) is 7.13. The Morgan fingerprint density at radius 2 is 1.89 bits per heavy atom. The fourth-order valence-corrected chi connectivity index (χ4v) is 4.96. The molecule has 0 unspecified atom stereocenters. The maximum absolute atomic E-state index is 12.6. The highest BCUT2D eigenvalue weighted by atomic mass is 32.1. The van der Waals surface area contributed by atoms with Crippen molar-refractivity contribution < 1.29 is 19.1 Å². The number of anilines is 2. The average Bonchev–Trinajstić information content (AvgIpc) is 3.41. The first kappa shape index (κ1) is 26.4. The molecule has 10 nitrogen and oxygen atoms in total. The predicted molar refractivity (Wildman–Crippen MR) is 144 cm³/mol. The second-order valence-electron chi connectivity index (χ2n) is 9.14. The predicted octanol–water partition coefficient (Wildman–Crippen LogP) is 3.39. The fourth-order valence-electron chi connectivity index (χ4n) is 4.08. The van der Waals surface area contributed by atoms with Crippen LogP contribution in [-0.4, -0.2) is 62.4 Å². The Morgan fingerprint density at radius 1 is 1.16 bits per heavy atom. The zero-order valence-electron chi connectivity index (χ0n) is 21.5. The molecular weight excluding hydrogens is 492 g/mol. The van der Waals surface area contributed by atoms with E-state index >= 15 is 0 Å². The Hall–Kier alpha value is -3.70. The number of nitrogens with zero attached hydrogens (tertiary/aromatic N) is 3. The van der Waals surface area contributed by atoms with Gasteiger partial charge in [-0.25, -0.2) is 19.6 Å². The lowest BCUT2D eigenvalue weighted by Crippen LogP contribution is -2.44. The third kappa shape index (κ3) is 6.17. The molecule has 11 heteroatoms. The number of thiazole rings is 1. The maximum Gasteiger partial charge on any atom is 0.341 e. The minimum atomic E-state index is -0.456. The van der Waals surface area contributed by atoms with Crippen molar-refractivity contribution in [2.45, 2.75) is 25.8 Å². The number of rotatable bonds is 8. The van der Waals surface area contributed by atoms with Gasteiger partial charge in [0.05, 0.1) is 19.9 Å². The van der Waals surface area contributed by atoms with Crippen LogP contribution >= 0.6 is 11.3 Å². The fraction of sp³-hybridized carbons (Fsp3) is 0.385. The monoisotopic (exact) mass is 524 g/mol. The number of methoxy groups -OCH3 is 2. The molecule has 1 aliphatic rings. The van der Waals surface area contributed by atoms with Gasteiger partial charge in [0.2, 0.25) is 0 Å². The maximum atomic E-state index is 12.6. The first-order valence-electron chi connectivity index (χ1n) is 12.0. The van der Waals surface area contributed by atoms with Crippen LogP contribution < -0.4 is 25.6 Å². The van der Waals surface area contributed by atoms with Crippen molar-refractivity contribution in [2.24, 2.45) is 0 Å². The summed E-state index contributed by atoms with van der Waals surface area (Å²) in [6.07, 6.45) is 1.67. The van der Waals surface area contributed by atoms with Crippen molar-refractivity contribution in [2.75, 3.05) is 50.6 Å². The summed E-state index contributed by atoms with van der Waals surface area (Å²) in [7, 11) is 2.99. The minimum absolute atomic E-state index is 0.195. The van der Waals surface area contributed by atoms with Crippen LogP contribution in [0.1, 0.15) is 41.0 Å². The molecule has 0 atom stereocenters. The highest BCUT2D eigenvalue weighted by molar-refractivity contribution is 7.13. The summed E-state index contributed by atoms with van der Waals surface area (Å²) in [4.78, 5) is 36.2. The quantitative estimate of drug-likeness (QED) is 0.384. The van der Waals surface area contributed by atoms with E-state index in [-0.39, 0.29) is 12.0 Å². The molecule has 1 saturated heterocycles. The van der Waals surface area contributed by atoms with Crippen molar-refractivity contribution in [3.63, 3.8) is 0 Å². The minimum Gasteiger partial charge on any atom is -0.497 e. The van der Waals surface area contributed by atoms with Crippen molar-refractivity contribution >= 4 is 34.3 Å². The van der Waals surface area contributed by atoms with Crippen LogP contribution in [0.2, 0.25) is 0 Å². The molecule has 37 heavy (non-hydrogen) atoms. The van der Waals surface area contributed by atoms with E-state index in [2.05, 4.69) is 44.7 Å². The lowest BCUT2D eigenvalue weighted by atomic mass is 9.82. The molecule has 3 aromatic rings. The second kappa shape index (κ2) is 11.6. The zero-order valence-corrected chi connectivity index (χ0v) is 22.3. The molecule has 0 spiro atoms. The van der Waals surface area contributed by atoms with Crippen LogP contribution in [0.25, 0.3) is 0 Å². The molecule has 0 radical (unpaired) electrons. The van der Waals surface area contributed by atoms with Gasteiger partial charge in [-0.3, -0.25) is 5.32 Å². The van der Waals surface area contributed by atoms with Gasteiger partial charge in [0.15, 0.2) is 5.13 Å². The largest absolute Gasteiger partial charge is 0.497 e. The highest BCUT2D eigenvalue weighted by Gasteiger charge is 2.26. The number of ether oxygens (including phenoxy) is 2.